The third-order valence-electron chi connectivity index (χ3n) is 4.05. The molecule has 2 fully saturated rings. The van der Waals surface area contributed by atoms with Gasteiger partial charge in [-0.2, -0.15) is 0 Å². The first-order chi connectivity index (χ1) is 6.97. The van der Waals surface area contributed by atoms with E-state index in [0.29, 0.717) is 0 Å². The Balaban J connectivity index is 1.70. The summed E-state index contributed by atoms with van der Waals surface area (Å²) in [5, 5.41) is 3.60. The van der Waals surface area contributed by atoms with Gasteiger partial charge in [-0.15, -0.1) is 0 Å². The van der Waals surface area contributed by atoms with Crippen LogP contribution < -0.4 is 5.32 Å². The van der Waals surface area contributed by atoms with Gasteiger partial charge in [0, 0.05) is 6.04 Å². The number of fused-ring (bicyclic) bond motifs is 1. The standard InChI is InChI=1S/C13H25N/c1-2-4-6-8-10-13-12(11-14-13)9-7-5-3-1/h12-14H,1-11H2. The molecule has 0 aromatic rings. The summed E-state index contributed by atoms with van der Waals surface area (Å²) in [5.41, 5.74) is 0. The number of hydrogen-bond donors (Lipinski definition) is 1. The van der Waals surface area contributed by atoms with Gasteiger partial charge in [-0.3, -0.25) is 0 Å². The first-order valence-electron chi connectivity index (χ1n) is 6.70. The third kappa shape index (κ3) is 2.98. The highest BCUT2D eigenvalue weighted by molar-refractivity contribution is 4.87. The predicted molar refractivity (Wildman–Crippen MR) is 61.5 cm³/mol. The van der Waals surface area contributed by atoms with Crippen LogP contribution in [0.1, 0.15) is 64.2 Å². The molecule has 1 heteroatoms. The highest BCUT2D eigenvalue weighted by Crippen LogP contribution is 2.26. The molecule has 2 atom stereocenters. The van der Waals surface area contributed by atoms with Crippen molar-refractivity contribution in [3.05, 3.63) is 0 Å². The molecule has 1 heterocycles. The van der Waals surface area contributed by atoms with Crippen LogP contribution in [0.5, 0.6) is 0 Å². The molecule has 2 aliphatic rings. The fourth-order valence-electron chi connectivity index (χ4n) is 2.92. The van der Waals surface area contributed by atoms with Crippen molar-refractivity contribution >= 4 is 0 Å². The van der Waals surface area contributed by atoms with Crippen molar-refractivity contribution < 1.29 is 0 Å². The zero-order chi connectivity index (χ0) is 9.64. The van der Waals surface area contributed by atoms with Gasteiger partial charge in [-0.25, -0.2) is 0 Å². The van der Waals surface area contributed by atoms with Crippen LogP contribution in [0.25, 0.3) is 0 Å². The van der Waals surface area contributed by atoms with Gasteiger partial charge in [0.15, 0.2) is 0 Å². The summed E-state index contributed by atoms with van der Waals surface area (Å²) in [7, 11) is 0. The summed E-state index contributed by atoms with van der Waals surface area (Å²) in [6.45, 7) is 1.31. The Hall–Kier alpha value is -0.0400. The lowest BCUT2D eigenvalue weighted by Gasteiger charge is -2.38. The summed E-state index contributed by atoms with van der Waals surface area (Å²) in [6.07, 6.45) is 14.8. The van der Waals surface area contributed by atoms with Crippen LogP contribution in [0.15, 0.2) is 0 Å². The zero-order valence-corrected chi connectivity index (χ0v) is 9.43. The second-order valence-electron chi connectivity index (χ2n) is 5.18. The van der Waals surface area contributed by atoms with Crippen LogP contribution >= 0.6 is 0 Å². The Kier molecular flexibility index (Phi) is 4.30. The molecular formula is C13H25N. The van der Waals surface area contributed by atoms with Crippen LogP contribution in [-0.4, -0.2) is 12.6 Å². The largest absolute Gasteiger partial charge is 0.313 e. The van der Waals surface area contributed by atoms with E-state index in [1.165, 1.54) is 70.8 Å². The number of rotatable bonds is 0. The van der Waals surface area contributed by atoms with Crippen LogP contribution in [-0.2, 0) is 0 Å². The van der Waals surface area contributed by atoms with E-state index in [1.807, 2.05) is 0 Å². The van der Waals surface area contributed by atoms with E-state index in [1.54, 1.807) is 0 Å². The van der Waals surface area contributed by atoms with E-state index in [2.05, 4.69) is 5.32 Å². The van der Waals surface area contributed by atoms with Gasteiger partial charge in [0.2, 0.25) is 0 Å². The molecule has 0 aromatic heterocycles. The van der Waals surface area contributed by atoms with Crippen molar-refractivity contribution in [2.24, 2.45) is 5.92 Å². The SMILES string of the molecule is C1CCCCCC2NCC2CCCC1. The van der Waals surface area contributed by atoms with E-state index in [9.17, 15) is 0 Å². The molecule has 0 amide bonds. The van der Waals surface area contributed by atoms with E-state index in [0.717, 1.165) is 12.0 Å². The summed E-state index contributed by atoms with van der Waals surface area (Å²) < 4.78 is 0. The first-order valence-corrected chi connectivity index (χ1v) is 6.70. The molecule has 1 nitrogen and oxygen atoms in total. The summed E-state index contributed by atoms with van der Waals surface area (Å²) >= 11 is 0. The number of hydrogen-bond acceptors (Lipinski definition) is 1. The Morgan fingerprint density at radius 3 is 1.79 bits per heavy atom. The normalized spacial score (nSPS) is 36.0. The molecular weight excluding hydrogens is 170 g/mol. The molecule has 1 saturated carbocycles. The zero-order valence-electron chi connectivity index (χ0n) is 9.43. The lowest BCUT2D eigenvalue weighted by Crippen LogP contribution is -2.52. The van der Waals surface area contributed by atoms with E-state index >= 15 is 0 Å². The van der Waals surface area contributed by atoms with Gasteiger partial charge >= 0.3 is 0 Å². The second kappa shape index (κ2) is 5.75. The minimum atomic E-state index is 0.898. The van der Waals surface area contributed by atoms with Gasteiger partial charge in [0.25, 0.3) is 0 Å². The highest BCUT2D eigenvalue weighted by Gasteiger charge is 2.28. The summed E-state index contributed by atoms with van der Waals surface area (Å²) in [4.78, 5) is 0. The van der Waals surface area contributed by atoms with Gasteiger partial charge < -0.3 is 5.32 Å². The fraction of sp³-hybridized carbons (Fsp3) is 1.00. The third-order valence-corrected chi connectivity index (χ3v) is 4.05. The predicted octanol–water partition coefficient (Wildman–Crippen LogP) is 3.49. The van der Waals surface area contributed by atoms with Crippen LogP contribution in [0.3, 0.4) is 0 Å². The maximum Gasteiger partial charge on any atom is 0.0108 e. The van der Waals surface area contributed by atoms with Gasteiger partial charge in [0.05, 0.1) is 0 Å². The monoisotopic (exact) mass is 195 g/mol. The second-order valence-corrected chi connectivity index (χ2v) is 5.18. The van der Waals surface area contributed by atoms with Crippen molar-refractivity contribution in [1.82, 2.24) is 5.32 Å². The molecule has 1 saturated heterocycles. The summed E-state index contributed by atoms with van der Waals surface area (Å²) in [5.74, 6) is 1.04. The minimum Gasteiger partial charge on any atom is -0.313 e. The van der Waals surface area contributed by atoms with Crippen LogP contribution in [0.4, 0.5) is 0 Å². The lowest BCUT2D eigenvalue weighted by molar-refractivity contribution is 0.196. The van der Waals surface area contributed by atoms with E-state index in [-0.39, 0.29) is 0 Å². The topological polar surface area (TPSA) is 12.0 Å². The van der Waals surface area contributed by atoms with Crippen LogP contribution in [0.2, 0.25) is 0 Å². The highest BCUT2D eigenvalue weighted by atomic mass is 15.0. The van der Waals surface area contributed by atoms with E-state index < -0.39 is 0 Å². The molecule has 2 unspecified atom stereocenters. The minimum absolute atomic E-state index is 0.898. The molecule has 14 heavy (non-hydrogen) atoms. The van der Waals surface area contributed by atoms with Crippen molar-refractivity contribution in [1.29, 1.82) is 0 Å². The maximum atomic E-state index is 3.60. The first kappa shape index (κ1) is 10.5. The summed E-state index contributed by atoms with van der Waals surface area (Å²) in [6, 6.07) is 0.898. The van der Waals surface area contributed by atoms with Crippen molar-refractivity contribution in [2.45, 2.75) is 70.3 Å². The maximum absolute atomic E-state index is 3.60. The van der Waals surface area contributed by atoms with Crippen molar-refractivity contribution in [3.8, 4) is 0 Å². The fourth-order valence-corrected chi connectivity index (χ4v) is 2.92. The molecule has 0 bridgehead atoms. The molecule has 0 radical (unpaired) electrons. The quantitative estimate of drug-likeness (QED) is 0.624. The van der Waals surface area contributed by atoms with Gasteiger partial charge in [-0.05, 0) is 25.3 Å². The Bertz CT molecular complexity index is 137. The average Bonchev–Trinajstić information content (AvgIpc) is 2.16. The van der Waals surface area contributed by atoms with Gasteiger partial charge in [-0.1, -0.05) is 51.4 Å². The molecule has 0 spiro atoms. The Labute approximate surface area is 88.7 Å². The molecule has 82 valence electrons. The average molecular weight is 195 g/mol. The lowest BCUT2D eigenvalue weighted by atomic mass is 9.83. The van der Waals surface area contributed by atoms with Crippen molar-refractivity contribution in [3.63, 3.8) is 0 Å². The molecule has 1 aliphatic heterocycles. The number of nitrogens with one attached hydrogen (secondary N) is 1. The molecule has 0 aromatic carbocycles. The van der Waals surface area contributed by atoms with Crippen LogP contribution in [0, 0.1) is 5.92 Å². The van der Waals surface area contributed by atoms with E-state index in [4.69, 9.17) is 0 Å². The van der Waals surface area contributed by atoms with Gasteiger partial charge in [0.1, 0.15) is 0 Å². The van der Waals surface area contributed by atoms with Crippen molar-refractivity contribution in [2.75, 3.05) is 6.54 Å². The Morgan fingerprint density at radius 1 is 0.643 bits per heavy atom. The molecule has 1 N–H and O–H groups in total. The Morgan fingerprint density at radius 2 is 1.21 bits per heavy atom. The smallest absolute Gasteiger partial charge is 0.0108 e. The molecule has 1 aliphatic carbocycles. The molecule has 2 rings (SSSR count).